The number of thioether (sulfide) groups is 1. The van der Waals surface area contributed by atoms with Crippen molar-refractivity contribution in [2.75, 3.05) is 0 Å². The van der Waals surface area contributed by atoms with E-state index in [0.717, 1.165) is 22.7 Å². The van der Waals surface area contributed by atoms with Crippen molar-refractivity contribution < 1.29 is 23.8 Å². The minimum atomic E-state index is -1.10. The molecule has 0 bridgehead atoms. The predicted molar refractivity (Wildman–Crippen MR) is 143 cm³/mol. The van der Waals surface area contributed by atoms with Gasteiger partial charge >= 0.3 is 5.97 Å². The molecule has 2 heterocycles. The lowest BCUT2D eigenvalue weighted by Crippen LogP contribution is -2.47. The molecule has 0 radical (unpaired) electrons. The quantitative estimate of drug-likeness (QED) is 0.202. The van der Waals surface area contributed by atoms with Gasteiger partial charge in [0, 0.05) is 10.9 Å². The van der Waals surface area contributed by atoms with Gasteiger partial charge in [0.2, 0.25) is 0 Å². The van der Waals surface area contributed by atoms with E-state index >= 15 is 0 Å². The van der Waals surface area contributed by atoms with Crippen LogP contribution in [0.25, 0.3) is 17.0 Å². The number of benzene rings is 2. The van der Waals surface area contributed by atoms with Gasteiger partial charge in [-0.15, -0.1) is 0 Å². The molecule has 1 saturated heterocycles. The number of rotatable bonds is 8. The fourth-order valence-electron chi connectivity index (χ4n) is 3.78. The van der Waals surface area contributed by atoms with Gasteiger partial charge in [0.15, 0.2) is 0 Å². The van der Waals surface area contributed by atoms with E-state index in [9.17, 15) is 19.1 Å². The number of pyridine rings is 1. The molecule has 1 fully saturated rings. The highest BCUT2D eigenvalue weighted by Crippen LogP contribution is 2.37. The molecule has 2 aromatic carbocycles. The van der Waals surface area contributed by atoms with Crippen molar-refractivity contribution in [2.24, 2.45) is 5.92 Å². The summed E-state index contributed by atoms with van der Waals surface area (Å²) in [5, 5.41) is 10.7. The summed E-state index contributed by atoms with van der Waals surface area (Å²) in [7, 11) is 0. The van der Waals surface area contributed by atoms with E-state index in [0.29, 0.717) is 23.3 Å². The molecule has 4 rings (SSSR count). The number of amides is 1. The number of hydrogen-bond donors (Lipinski definition) is 1. The van der Waals surface area contributed by atoms with Crippen LogP contribution in [0.5, 0.6) is 5.75 Å². The summed E-state index contributed by atoms with van der Waals surface area (Å²) in [6.45, 7) is 3.91. The maximum atomic E-state index is 13.1. The van der Waals surface area contributed by atoms with Crippen LogP contribution in [-0.2, 0) is 16.2 Å². The summed E-state index contributed by atoms with van der Waals surface area (Å²) >= 11 is 12.8. The fraction of sp³-hybridized carbons (Fsp3) is 0.231. The molecule has 2 atom stereocenters. The zero-order valence-corrected chi connectivity index (χ0v) is 21.8. The van der Waals surface area contributed by atoms with Gasteiger partial charge in [-0.2, -0.15) is 0 Å². The topological polar surface area (TPSA) is 79.7 Å². The molecule has 0 saturated carbocycles. The van der Waals surface area contributed by atoms with Gasteiger partial charge in [0.1, 0.15) is 33.7 Å². The number of fused-ring (bicyclic) bond motifs is 1. The van der Waals surface area contributed by atoms with Gasteiger partial charge < -0.3 is 9.84 Å². The van der Waals surface area contributed by atoms with Gasteiger partial charge in [-0.05, 0) is 54.0 Å². The number of carboxylic acids is 1. The number of aliphatic carboxylic acids is 1. The van der Waals surface area contributed by atoms with Crippen LogP contribution in [0.15, 0.2) is 53.4 Å². The smallest absolute Gasteiger partial charge is 0.327 e. The summed E-state index contributed by atoms with van der Waals surface area (Å²) < 4.78 is 19.1. The molecule has 10 heteroatoms. The summed E-state index contributed by atoms with van der Waals surface area (Å²) in [5.41, 5.74) is 1.96. The van der Waals surface area contributed by atoms with Crippen LogP contribution >= 0.6 is 35.6 Å². The van der Waals surface area contributed by atoms with Crippen LogP contribution in [0.4, 0.5) is 4.39 Å². The molecular formula is C26H22ClFN2O4S2. The standard InChI is InChI=1S/C26H22ClFN2O4S2/c1-3-14(2)22(25(32)33)30-24(31)21(36-26(30)35)12-17-10-16-11-19(8-9-20(16)29-23(17)27)34-13-15-4-6-18(28)7-5-15/h4-12,14,22H,3,13H2,1-2H3,(H,32,33)/b21-12-/t14?,22-/m0/s1. The molecule has 36 heavy (non-hydrogen) atoms. The second-order valence-corrected chi connectivity index (χ2v) is 10.4. The number of aromatic nitrogens is 1. The van der Waals surface area contributed by atoms with E-state index in [-0.39, 0.29) is 32.7 Å². The highest BCUT2D eigenvalue weighted by molar-refractivity contribution is 8.26. The minimum absolute atomic E-state index is 0.195. The molecule has 1 amide bonds. The number of ether oxygens (including phenoxy) is 1. The normalized spacial score (nSPS) is 16.6. The molecular weight excluding hydrogens is 523 g/mol. The number of carbonyl (C=O) groups is 2. The molecule has 1 aliphatic rings. The van der Waals surface area contributed by atoms with Crippen LogP contribution in [0.2, 0.25) is 5.15 Å². The van der Waals surface area contributed by atoms with Gasteiger partial charge in [-0.25, -0.2) is 14.2 Å². The first-order valence-electron chi connectivity index (χ1n) is 11.1. The lowest BCUT2D eigenvalue weighted by Gasteiger charge is -2.27. The third-order valence-electron chi connectivity index (χ3n) is 5.91. The molecule has 1 aromatic heterocycles. The van der Waals surface area contributed by atoms with E-state index < -0.39 is 17.9 Å². The van der Waals surface area contributed by atoms with Crippen molar-refractivity contribution in [3.63, 3.8) is 0 Å². The first-order valence-corrected chi connectivity index (χ1v) is 12.8. The van der Waals surface area contributed by atoms with Gasteiger partial charge in [-0.1, -0.05) is 68.0 Å². The zero-order chi connectivity index (χ0) is 26.0. The predicted octanol–water partition coefficient (Wildman–Crippen LogP) is 6.31. The van der Waals surface area contributed by atoms with Crippen LogP contribution < -0.4 is 4.74 Å². The molecule has 0 spiro atoms. The van der Waals surface area contributed by atoms with Crippen LogP contribution in [0.3, 0.4) is 0 Å². The largest absolute Gasteiger partial charge is 0.489 e. The number of carboxylic acid groups (broad SMARTS) is 1. The summed E-state index contributed by atoms with van der Waals surface area (Å²) in [5.74, 6) is -1.56. The van der Waals surface area contributed by atoms with Gasteiger partial charge in [0.25, 0.3) is 5.91 Å². The molecule has 186 valence electrons. The second kappa shape index (κ2) is 10.9. The average molecular weight is 545 g/mol. The van der Waals surface area contributed by atoms with Crippen molar-refractivity contribution in [3.05, 3.63) is 75.5 Å². The van der Waals surface area contributed by atoms with Crippen LogP contribution in [0, 0.1) is 11.7 Å². The van der Waals surface area contributed by atoms with Crippen molar-refractivity contribution in [1.29, 1.82) is 0 Å². The van der Waals surface area contributed by atoms with Crippen LogP contribution in [0.1, 0.15) is 31.4 Å². The third kappa shape index (κ3) is 5.53. The van der Waals surface area contributed by atoms with Crippen molar-refractivity contribution in [1.82, 2.24) is 9.88 Å². The minimum Gasteiger partial charge on any atom is -0.489 e. The van der Waals surface area contributed by atoms with E-state index in [2.05, 4.69) is 4.98 Å². The number of hydrogen-bond acceptors (Lipinski definition) is 6. The van der Waals surface area contributed by atoms with Crippen molar-refractivity contribution >= 4 is 68.8 Å². The Morgan fingerprint density at radius 3 is 2.67 bits per heavy atom. The van der Waals surface area contributed by atoms with E-state index in [4.69, 9.17) is 28.6 Å². The third-order valence-corrected chi connectivity index (χ3v) is 7.54. The maximum Gasteiger partial charge on any atom is 0.327 e. The maximum absolute atomic E-state index is 13.1. The van der Waals surface area contributed by atoms with E-state index in [1.807, 2.05) is 6.92 Å². The highest BCUT2D eigenvalue weighted by atomic mass is 35.5. The molecule has 6 nitrogen and oxygen atoms in total. The number of carbonyl (C=O) groups excluding carboxylic acids is 1. The first kappa shape index (κ1) is 26.1. The lowest BCUT2D eigenvalue weighted by atomic mass is 9.98. The van der Waals surface area contributed by atoms with Gasteiger partial charge in [0.05, 0.1) is 10.4 Å². The number of nitrogens with zero attached hydrogens (tertiary/aromatic N) is 2. The Kier molecular flexibility index (Phi) is 7.92. The zero-order valence-electron chi connectivity index (χ0n) is 19.4. The highest BCUT2D eigenvalue weighted by Gasteiger charge is 2.42. The Morgan fingerprint density at radius 1 is 1.28 bits per heavy atom. The summed E-state index contributed by atoms with van der Waals surface area (Å²) in [6, 6.07) is 12.1. The van der Waals surface area contributed by atoms with Crippen molar-refractivity contribution in [2.45, 2.75) is 32.9 Å². The van der Waals surface area contributed by atoms with Crippen LogP contribution in [-0.4, -0.2) is 37.2 Å². The average Bonchev–Trinajstić information content (AvgIpc) is 3.11. The van der Waals surface area contributed by atoms with E-state index in [1.165, 1.54) is 17.0 Å². The summed E-state index contributed by atoms with van der Waals surface area (Å²) in [4.78, 5) is 30.9. The SMILES string of the molecule is CCC(C)[C@@H](C(=O)O)N1C(=O)/C(=C/c2cc3cc(OCc4ccc(F)cc4)ccc3nc2Cl)SC1=S. The molecule has 0 aliphatic carbocycles. The molecule has 1 unspecified atom stereocenters. The van der Waals surface area contributed by atoms with E-state index in [1.54, 1.807) is 49.4 Å². The number of thiocarbonyl (C=S) groups is 1. The van der Waals surface area contributed by atoms with Gasteiger partial charge in [-0.3, -0.25) is 9.69 Å². The Balaban J connectivity index is 1.60. The molecule has 1 N–H and O–H groups in total. The second-order valence-electron chi connectivity index (χ2n) is 8.36. The first-order chi connectivity index (χ1) is 17.2. The number of halogens is 2. The molecule has 1 aliphatic heterocycles. The lowest BCUT2D eigenvalue weighted by molar-refractivity contribution is -0.147. The Bertz CT molecular complexity index is 1380. The Morgan fingerprint density at radius 2 is 2.00 bits per heavy atom. The monoisotopic (exact) mass is 544 g/mol. The Hall–Kier alpha value is -3.01. The summed E-state index contributed by atoms with van der Waals surface area (Å²) in [6.07, 6.45) is 2.16. The molecule has 3 aromatic rings. The van der Waals surface area contributed by atoms with Crippen molar-refractivity contribution in [3.8, 4) is 5.75 Å². The Labute approximate surface area is 222 Å². The fourth-order valence-corrected chi connectivity index (χ4v) is 5.30.